The molecule has 1 saturated carbocycles. The maximum Gasteiger partial charge on any atom is 0.307 e. The van der Waals surface area contributed by atoms with Crippen molar-refractivity contribution in [2.45, 2.75) is 39.0 Å². The van der Waals surface area contributed by atoms with Crippen LogP contribution in [0.1, 0.15) is 44.0 Å². The Morgan fingerprint density at radius 1 is 1.48 bits per heavy atom. The van der Waals surface area contributed by atoms with E-state index >= 15 is 0 Å². The van der Waals surface area contributed by atoms with Crippen LogP contribution in [0.5, 0.6) is 0 Å². The van der Waals surface area contributed by atoms with Crippen LogP contribution in [0.25, 0.3) is 0 Å². The number of rotatable bonds is 6. The van der Waals surface area contributed by atoms with E-state index in [4.69, 9.17) is 0 Å². The Hall–Kier alpha value is -1.43. The highest BCUT2D eigenvalue weighted by Gasteiger charge is 2.42. The molecule has 0 spiro atoms. The normalized spacial score (nSPS) is 26.5. The molecule has 0 radical (unpaired) electrons. The van der Waals surface area contributed by atoms with Gasteiger partial charge < -0.3 is 10.4 Å². The number of thiazole rings is 1. The van der Waals surface area contributed by atoms with Crippen LogP contribution in [0.3, 0.4) is 0 Å². The van der Waals surface area contributed by atoms with E-state index < -0.39 is 17.8 Å². The van der Waals surface area contributed by atoms with Gasteiger partial charge in [0.2, 0.25) is 5.91 Å². The Kier molecular flexibility index (Phi) is 5.33. The molecule has 2 rings (SSSR count). The average molecular weight is 310 g/mol. The summed E-state index contributed by atoms with van der Waals surface area (Å²) in [5, 5.41) is 15.1. The SMILES string of the molecule is CCC1CC(C(=O)O)C(C(=O)NCC(C)c2nccs2)C1. The number of nitrogens with zero attached hydrogens (tertiary/aromatic N) is 1. The lowest BCUT2D eigenvalue weighted by atomic mass is 9.95. The number of carboxylic acid groups (broad SMARTS) is 1. The number of hydrogen-bond acceptors (Lipinski definition) is 4. The monoisotopic (exact) mass is 310 g/mol. The molecule has 5 nitrogen and oxygen atoms in total. The van der Waals surface area contributed by atoms with Crippen LogP contribution in [0.4, 0.5) is 0 Å². The van der Waals surface area contributed by atoms with E-state index in [0.29, 0.717) is 25.3 Å². The third-order valence-corrected chi connectivity index (χ3v) is 5.35. The number of aliphatic carboxylic acids is 1. The summed E-state index contributed by atoms with van der Waals surface area (Å²) >= 11 is 1.57. The van der Waals surface area contributed by atoms with Crippen molar-refractivity contribution in [2.24, 2.45) is 17.8 Å². The lowest BCUT2D eigenvalue weighted by molar-refractivity contribution is -0.146. The maximum absolute atomic E-state index is 12.3. The summed E-state index contributed by atoms with van der Waals surface area (Å²) in [6.07, 6.45) is 3.99. The predicted molar refractivity (Wildman–Crippen MR) is 81.2 cm³/mol. The molecule has 0 aromatic carbocycles. The number of amides is 1. The molecular formula is C15H22N2O3S. The van der Waals surface area contributed by atoms with Crippen LogP contribution in [0.15, 0.2) is 11.6 Å². The minimum absolute atomic E-state index is 0.123. The topological polar surface area (TPSA) is 79.3 Å². The van der Waals surface area contributed by atoms with Gasteiger partial charge in [-0.15, -0.1) is 11.3 Å². The molecule has 1 aromatic heterocycles. The molecule has 0 bridgehead atoms. The number of nitrogens with one attached hydrogen (secondary N) is 1. The van der Waals surface area contributed by atoms with Gasteiger partial charge in [-0.25, -0.2) is 4.98 Å². The highest BCUT2D eigenvalue weighted by atomic mass is 32.1. The molecule has 116 valence electrons. The zero-order chi connectivity index (χ0) is 15.4. The minimum Gasteiger partial charge on any atom is -0.481 e. The van der Waals surface area contributed by atoms with Crippen molar-refractivity contribution >= 4 is 23.2 Å². The highest BCUT2D eigenvalue weighted by Crippen LogP contribution is 2.38. The van der Waals surface area contributed by atoms with Gasteiger partial charge >= 0.3 is 5.97 Å². The van der Waals surface area contributed by atoms with Crippen LogP contribution in [0, 0.1) is 17.8 Å². The van der Waals surface area contributed by atoms with Gasteiger partial charge in [-0.3, -0.25) is 9.59 Å². The van der Waals surface area contributed by atoms with Crippen LogP contribution >= 0.6 is 11.3 Å². The first kappa shape index (κ1) is 15.9. The van der Waals surface area contributed by atoms with E-state index in [1.807, 2.05) is 19.2 Å². The summed E-state index contributed by atoms with van der Waals surface area (Å²) in [6, 6.07) is 0. The first-order valence-electron chi connectivity index (χ1n) is 7.42. The quantitative estimate of drug-likeness (QED) is 0.846. The molecule has 1 aliphatic carbocycles. The first-order chi connectivity index (χ1) is 10.0. The van der Waals surface area contributed by atoms with Crippen molar-refractivity contribution < 1.29 is 14.7 Å². The molecule has 0 aliphatic heterocycles. The molecule has 4 atom stereocenters. The molecule has 2 N–H and O–H groups in total. The van der Waals surface area contributed by atoms with Gasteiger partial charge in [0.15, 0.2) is 0 Å². The van der Waals surface area contributed by atoms with E-state index in [2.05, 4.69) is 10.3 Å². The molecule has 21 heavy (non-hydrogen) atoms. The van der Waals surface area contributed by atoms with E-state index in [9.17, 15) is 14.7 Å². The summed E-state index contributed by atoms with van der Waals surface area (Å²) in [7, 11) is 0. The van der Waals surface area contributed by atoms with Gasteiger partial charge in [-0.1, -0.05) is 20.3 Å². The number of aromatic nitrogens is 1. The predicted octanol–water partition coefficient (Wildman–Crippen LogP) is 2.50. The van der Waals surface area contributed by atoms with Crippen molar-refractivity contribution in [1.29, 1.82) is 0 Å². The van der Waals surface area contributed by atoms with Crippen LogP contribution in [-0.4, -0.2) is 28.5 Å². The largest absolute Gasteiger partial charge is 0.481 e. The Morgan fingerprint density at radius 2 is 2.19 bits per heavy atom. The third-order valence-electron chi connectivity index (χ3n) is 4.35. The Labute approximate surface area is 128 Å². The average Bonchev–Trinajstić information content (AvgIpc) is 3.12. The lowest BCUT2D eigenvalue weighted by Gasteiger charge is -2.17. The smallest absolute Gasteiger partial charge is 0.307 e. The number of carboxylic acids is 1. The number of carbonyl (C=O) groups is 2. The summed E-state index contributed by atoms with van der Waals surface area (Å²) < 4.78 is 0. The van der Waals surface area contributed by atoms with Gasteiger partial charge in [0.05, 0.1) is 16.8 Å². The molecule has 1 amide bonds. The minimum atomic E-state index is -0.848. The molecule has 6 heteroatoms. The fourth-order valence-electron chi connectivity index (χ4n) is 2.99. The molecule has 1 heterocycles. The number of carbonyl (C=O) groups excluding carboxylic acids is 1. The van der Waals surface area contributed by atoms with E-state index in [-0.39, 0.29) is 11.8 Å². The zero-order valence-electron chi connectivity index (χ0n) is 12.4. The Bertz CT molecular complexity index is 489. The lowest BCUT2D eigenvalue weighted by Crippen LogP contribution is -2.37. The van der Waals surface area contributed by atoms with Crippen molar-refractivity contribution in [3.05, 3.63) is 16.6 Å². The second kappa shape index (κ2) is 7.02. The Balaban J connectivity index is 1.91. The van der Waals surface area contributed by atoms with Gasteiger partial charge in [0.25, 0.3) is 0 Å². The standard InChI is InChI=1S/C15H22N2O3S/c1-3-10-6-11(12(7-10)15(19)20)13(18)17-8-9(2)14-16-4-5-21-14/h4-5,9-12H,3,6-8H2,1-2H3,(H,17,18)(H,19,20). The van der Waals surface area contributed by atoms with Crippen molar-refractivity contribution in [1.82, 2.24) is 10.3 Å². The summed E-state index contributed by atoms with van der Waals surface area (Å²) in [5.74, 6) is -1.40. The van der Waals surface area contributed by atoms with Gasteiger partial charge in [-0.05, 0) is 18.8 Å². The summed E-state index contributed by atoms with van der Waals surface area (Å²) in [4.78, 5) is 27.9. The fraction of sp³-hybridized carbons (Fsp3) is 0.667. The summed E-state index contributed by atoms with van der Waals surface area (Å²) in [5.41, 5.74) is 0. The molecule has 1 aromatic rings. The van der Waals surface area contributed by atoms with E-state index in [0.717, 1.165) is 11.4 Å². The summed E-state index contributed by atoms with van der Waals surface area (Å²) in [6.45, 7) is 4.57. The number of hydrogen-bond donors (Lipinski definition) is 2. The second-order valence-electron chi connectivity index (χ2n) is 5.81. The molecule has 4 unspecified atom stereocenters. The Morgan fingerprint density at radius 3 is 2.76 bits per heavy atom. The molecule has 0 saturated heterocycles. The van der Waals surface area contributed by atoms with Gasteiger partial charge in [0, 0.05) is 24.0 Å². The fourth-order valence-corrected chi connectivity index (χ4v) is 3.69. The highest BCUT2D eigenvalue weighted by molar-refractivity contribution is 7.09. The molecule has 1 fully saturated rings. The van der Waals surface area contributed by atoms with Crippen LogP contribution < -0.4 is 5.32 Å². The van der Waals surface area contributed by atoms with Crippen LogP contribution in [-0.2, 0) is 9.59 Å². The van der Waals surface area contributed by atoms with Gasteiger partial charge in [-0.2, -0.15) is 0 Å². The van der Waals surface area contributed by atoms with Crippen molar-refractivity contribution in [3.63, 3.8) is 0 Å². The van der Waals surface area contributed by atoms with Crippen molar-refractivity contribution in [2.75, 3.05) is 6.54 Å². The van der Waals surface area contributed by atoms with Crippen LogP contribution in [0.2, 0.25) is 0 Å². The van der Waals surface area contributed by atoms with E-state index in [1.54, 1.807) is 17.5 Å². The van der Waals surface area contributed by atoms with E-state index in [1.165, 1.54) is 0 Å². The second-order valence-corrected chi connectivity index (χ2v) is 6.74. The molecular weight excluding hydrogens is 288 g/mol. The third kappa shape index (κ3) is 3.81. The van der Waals surface area contributed by atoms with Gasteiger partial charge in [0.1, 0.15) is 0 Å². The first-order valence-corrected chi connectivity index (χ1v) is 8.30. The zero-order valence-corrected chi connectivity index (χ0v) is 13.2. The molecule has 1 aliphatic rings. The maximum atomic E-state index is 12.3. The van der Waals surface area contributed by atoms with Crippen molar-refractivity contribution in [3.8, 4) is 0 Å².